The van der Waals surface area contributed by atoms with Gasteiger partial charge in [-0.1, -0.05) is 12.1 Å². The second kappa shape index (κ2) is 8.28. The van der Waals surface area contributed by atoms with Crippen LogP contribution in [0.3, 0.4) is 0 Å². The van der Waals surface area contributed by atoms with Gasteiger partial charge in [0, 0.05) is 30.0 Å². The molecule has 4 heterocycles. The average molecular weight is 430 g/mol. The predicted octanol–water partition coefficient (Wildman–Crippen LogP) is 4.58. The third-order valence-electron chi connectivity index (χ3n) is 5.44. The van der Waals surface area contributed by atoms with Gasteiger partial charge in [-0.15, -0.1) is 0 Å². The minimum atomic E-state index is -0.260. The van der Waals surface area contributed by atoms with Gasteiger partial charge in [0.25, 0.3) is 0 Å². The van der Waals surface area contributed by atoms with Crippen molar-refractivity contribution in [2.45, 2.75) is 18.6 Å². The lowest BCUT2D eigenvalue weighted by Crippen LogP contribution is -2.30. The van der Waals surface area contributed by atoms with E-state index in [2.05, 4.69) is 30.8 Å². The van der Waals surface area contributed by atoms with E-state index in [0.717, 1.165) is 22.8 Å². The monoisotopic (exact) mass is 429 g/mol. The van der Waals surface area contributed by atoms with Gasteiger partial charge in [0.05, 0.1) is 30.0 Å². The molecule has 1 N–H and O–H groups in total. The van der Waals surface area contributed by atoms with Crippen molar-refractivity contribution >= 4 is 17.3 Å². The fraction of sp³-hybridized carbons (Fsp3) is 0.125. The zero-order chi connectivity index (χ0) is 21.2. The molecular formula is C24H20FN5S. The maximum Gasteiger partial charge on any atom is 0.170 e. The molecule has 154 valence electrons. The van der Waals surface area contributed by atoms with Gasteiger partial charge in [0.15, 0.2) is 5.11 Å². The first-order valence-corrected chi connectivity index (χ1v) is 10.4. The number of nitrogens with zero attached hydrogens (tertiary/aromatic N) is 4. The minimum Gasteiger partial charge on any atom is -0.352 e. The van der Waals surface area contributed by atoms with E-state index in [4.69, 9.17) is 12.2 Å². The van der Waals surface area contributed by atoms with Crippen LogP contribution in [-0.2, 0) is 6.54 Å². The molecule has 0 spiro atoms. The molecular weight excluding hydrogens is 409 g/mol. The molecule has 2 atom stereocenters. The van der Waals surface area contributed by atoms with Gasteiger partial charge in [0.2, 0.25) is 0 Å². The first-order valence-electron chi connectivity index (χ1n) is 10.0. The molecule has 0 amide bonds. The van der Waals surface area contributed by atoms with Gasteiger partial charge in [-0.2, -0.15) is 0 Å². The molecule has 1 aliphatic heterocycles. The Hall–Kier alpha value is -3.58. The van der Waals surface area contributed by atoms with Crippen molar-refractivity contribution in [3.63, 3.8) is 0 Å². The van der Waals surface area contributed by atoms with E-state index < -0.39 is 0 Å². The highest BCUT2D eigenvalue weighted by atomic mass is 32.1. The summed E-state index contributed by atoms with van der Waals surface area (Å²) in [4.78, 5) is 11.2. The van der Waals surface area contributed by atoms with E-state index in [1.807, 2.05) is 48.7 Å². The largest absolute Gasteiger partial charge is 0.352 e. The highest BCUT2D eigenvalue weighted by Crippen LogP contribution is 2.40. The molecule has 0 radical (unpaired) electrons. The quantitative estimate of drug-likeness (QED) is 0.471. The zero-order valence-corrected chi connectivity index (χ0v) is 17.4. The van der Waals surface area contributed by atoms with Gasteiger partial charge < -0.3 is 14.8 Å². The van der Waals surface area contributed by atoms with Gasteiger partial charge in [-0.25, -0.2) is 4.39 Å². The molecule has 4 aromatic rings. The molecule has 5 nitrogen and oxygen atoms in total. The van der Waals surface area contributed by atoms with Crippen LogP contribution < -0.4 is 5.32 Å². The Balaban J connectivity index is 1.60. The van der Waals surface area contributed by atoms with E-state index in [1.54, 1.807) is 24.5 Å². The Labute approximate surface area is 185 Å². The number of pyridine rings is 2. The molecule has 0 aliphatic carbocycles. The number of hydrogen-bond donors (Lipinski definition) is 1. The van der Waals surface area contributed by atoms with Crippen LogP contribution in [0.4, 0.5) is 4.39 Å². The molecule has 1 fully saturated rings. The first kappa shape index (κ1) is 19.4. The number of hydrogen-bond acceptors (Lipinski definition) is 3. The average Bonchev–Trinajstić information content (AvgIpc) is 3.40. The lowest BCUT2D eigenvalue weighted by molar-refractivity contribution is 0.299. The molecule has 2 unspecified atom stereocenters. The Kier molecular flexibility index (Phi) is 5.18. The summed E-state index contributed by atoms with van der Waals surface area (Å²) >= 11 is 5.75. The predicted molar refractivity (Wildman–Crippen MR) is 121 cm³/mol. The fourth-order valence-corrected chi connectivity index (χ4v) is 4.34. The number of thiocarbonyl (C=S) groups is 1. The Morgan fingerprint density at radius 2 is 1.68 bits per heavy atom. The molecule has 5 rings (SSSR count). The fourth-order valence-electron chi connectivity index (χ4n) is 4.04. The number of rotatable bonds is 5. The highest BCUT2D eigenvalue weighted by molar-refractivity contribution is 7.80. The lowest BCUT2D eigenvalue weighted by atomic mass is 10.0. The summed E-state index contributed by atoms with van der Waals surface area (Å²) in [5.41, 5.74) is 3.76. The summed E-state index contributed by atoms with van der Waals surface area (Å²) in [6.07, 6.45) is 5.56. The third kappa shape index (κ3) is 3.80. The maximum absolute atomic E-state index is 13.5. The van der Waals surface area contributed by atoms with Gasteiger partial charge in [-0.05, 0) is 72.9 Å². The normalized spacial score (nSPS) is 18.2. The second-order valence-electron chi connectivity index (χ2n) is 7.36. The SMILES string of the molecule is Fc1ccc(-n2cccc2C2C(c3ccccn3)NC(=S)N2Cc2ccccn2)cc1. The molecule has 31 heavy (non-hydrogen) atoms. The molecule has 7 heteroatoms. The van der Waals surface area contributed by atoms with Crippen LogP contribution in [0.15, 0.2) is 91.4 Å². The highest BCUT2D eigenvalue weighted by Gasteiger charge is 2.41. The van der Waals surface area contributed by atoms with Crippen molar-refractivity contribution in [2.75, 3.05) is 0 Å². The minimum absolute atomic E-state index is 0.121. The van der Waals surface area contributed by atoms with Gasteiger partial charge >= 0.3 is 0 Å². The first-order chi connectivity index (χ1) is 15.2. The van der Waals surface area contributed by atoms with E-state index in [-0.39, 0.29) is 17.9 Å². The summed E-state index contributed by atoms with van der Waals surface area (Å²) in [6.45, 7) is 0.565. The van der Waals surface area contributed by atoms with Crippen molar-refractivity contribution in [3.05, 3.63) is 114 Å². The standard InChI is InChI=1S/C24H20FN5S/c25-17-9-11-19(12-10-17)29-15-5-8-21(29)23-22(20-7-2-4-14-27-20)28-24(31)30(23)16-18-6-1-3-13-26-18/h1-15,22-23H,16H2,(H,28,31). The summed E-state index contributed by atoms with van der Waals surface area (Å²) in [6, 6.07) is 22.1. The molecule has 3 aromatic heterocycles. The van der Waals surface area contributed by atoms with Crippen molar-refractivity contribution in [1.29, 1.82) is 0 Å². The van der Waals surface area contributed by atoms with Crippen molar-refractivity contribution in [1.82, 2.24) is 24.8 Å². The summed E-state index contributed by atoms with van der Waals surface area (Å²) in [5.74, 6) is -0.260. The Bertz CT molecular complexity index is 1180. The maximum atomic E-state index is 13.5. The van der Waals surface area contributed by atoms with Crippen LogP contribution >= 0.6 is 12.2 Å². The molecule has 0 bridgehead atoms. The lowest BCUT2D eigenvalue weighted by Gasteiger charge is -2.28. The third-order valence-corrected chi connectivity index (χ3v) is 5.80. The zero-order valence-electron chi connectivity index (χ0n) is 16.6. The molecule has 1 aromatic carbocycles. The number of nitrogens with one attached hydrogen (secondary N) is 1. The molecule has 0 saturated carbocycles. The van der Waals surface area contributed by atoms with E-state index in [9.17, 15) is 4.39 Å². The van der Waals surface area contributed by atoms with E-state index in [0.29, 0.717) is 11.7 Å². The van der Waals surface area contributed by atoms with Crippen LogP contribution in [0.1, 0.15) is 29.2 Å². The Morgan fingerprint density at radius 1 is 0.903 bits per heavy atom. The summed E-state index contributed by atoms with van der Waals surface area (Å²) in [7, 11) is 0. The van der Waals surface area contributed by atoms with E-state index >= 15 is 0 Å². The summed E-state index contributed by atoms with van der Waals surface area (Å²) in [5, 5.41) is 4.11. The molecule has 1 saturated heterocycles. The van der Waals surface area contributed by atoms with Crippen molar-refractivity contribution in [2.24, 2.45) is 0 Å². The topological polar surface area (TPSA) is 46.0 Å². The summed E-state index contributed by atoms with van der Waals surface area (Å²) < 4.78 is 15.6. The smallest absolute Gasteiger partial charge is 0.170 e. The van der Waals surface area contributed by atoms with Crippen molar-refractivity contribution in [3.8, 4) is 5.69 Å². The van der Waals surface area contributed by atoms with Crippen LogP contribution in [0.2, 0.25) is 0 Å². The van der Waals surface area contributed by atoms with Crippen LogP contribution in [0.25, 0.3) is 5.69 Å². The number of halogens is 1. The number of benzene rings is 1. The van der Waals surface area contributed by atoms with Gasteiger partial charge in [0.1, 0.15) is 5.82 Å². The van der Waals surface area contributed by atoms with E-state index in [1.165, 1.54) is 12.1 Å². The van der Waals surface area contributed by atoms with Crippen LogP contribution in [0, 0.1) is 5.82 Å². The van der Waals surface area contributed by atoms with Crippen LogP contribution in [-0.4, -0.2) is 24.5 Å². The molecule has 1 aliphatic rings. The van der Waals surface area contributed by atoms with Gasteiger partial charge in [-0.3, -0.25) is 9.97 Å². The number of aromatic nitrogens is 3. The Morgan fingerprint density at radius 3 is 2.39 bits per heavy atom. The second-order valence-corrected chi connectivity index (χ2v) is 7.74. The van der Waals surface area contributed by atoms with Crippen LogP contribution in [0.5, 0.6) is 0 Å². The van der Waals surface area contributed by atoms with Crippen molar-refractivity contribution < 1.29 is 4.39 Å².